The van der Waals surface area contributed by atoms with Crippen molar-refractivity contribution in [2.24, 2.45) is 0 Å². The number of nitrogens with zero attached hydrogens (tertiary/aromatic N) is 1. The standard InChI is InChI=1S/C17H18N2O4/c20-11-10-19(12-13-6-2-1-3-7-13)17(23)16(22)18-14-8-4-5-9-15(14)21/h1-9,20-21H,10-12H2,(H,18,22). The zero-order valence-electron chi connectivity index (χ0n) is 12.5. The fraction of sp³-hybridized carbons (Fsp3) is 0.176. The number of aliphatic hydroxyl groups excluding tert-OH is 1. The first-order chi connectivity index (χ1) is 11.1. The largest absolute Gasteiger partial charge is 0.506 e. The van der Waals surface area contributed by atoms with Gasteiger partial charge in [-0.25, -0.2) is 0 Å². The maximum absolute atomic E-state index is 12.3. The molecule has 0 radical (unpaired) electrons. The molecule has 0 saturated carbocycles. The smallest absolute Gasteiger partial charge is 0.314 e. The summed E-state index contributed by atoms with van der Waals surface area (Å²) in [4.78, 5) is 25.6. The fourth-order valence-corrected chi connectivity index (χ4v) is 2.08. The summed E-state index contributed by atoms with van der Waals surface area (Å²) in [6.45, 7) is 0.0127. The van der Waals surface area contributed by atoms with Gasteiger partial charge >= 0.3 is 11.8 Å². The summed E-state index contributed by atoms with van der Waals surface area (Å²) < 4.78 is 0. The number of anilines is 1. The lowest BCUT2D eigenvalue weighted by Gasteiger charge is -2.21. The summed E-state index contributed by atoms with van der Waals surface area (Å²) in [5, 5.41) is 21.1. The molecule has 0 unspecified atom stereocenters. The van der Waals surface area contributed by atoms with Crippen molar-refractivity contribution in [2.45, 2.75) is 6.54 Å². The lowest BCUT2D eigenvalue weighted by molar-refractivity contribution is -0.143. The number of phenolic OH excluding ortho intramolecular Hbond substituents is 1. The molecule has 0 atom stereocenters. The van der Waals surface area contributed by atoms with Gasteiger partial charge in [0.1, 0.15) is 5.75 Å². The number of rotatable bonds is 5. The number of aliphatic hydroxyl groups is 1. The van der Waals surface area contributed by atoms with Gasteiger partial charge in [0.15, 0.2) is 0 Å². The average molecular weight is 314 g/mol. The molecule has 0 heterocycles. The summed E-state index contributed by atoms with van der Waals surface area (Å²) in [6.07, 6.45) is 0. The van der Waals surface area contributed by atoms with E-state index in [9.17, 15) is 14.7 Å². The molecule has 3 N–H and O–H groups in total. The molecule has 23 heavy (non-hydrogen) atoms. The summed E-state index contributed by atoms with van der Waals surface area (Å²) in [5.41, 5.74) is 1.01. The number of phenols is 1. The van der Waals surface area contributed by atoms with Gasteiger partial charge in [0.2, 0.25) is 0 Å². The van der Waals surface area contributed by atoms with Crippen LogP contribution in [0.2, 0.25) is 0 Å². The molecule has 0 aromatic heterocycles. The van der Waals surface area contributed by atoms with Crippen LogP contribution < -0.4 is 5.32 Å². The molecule has 6 heteroatoms. The molecular weight excluding hydrogens is 296 g/mol. The number of hydrogen-bond donors (Lipinski definition) is 3. The SMILES string of the molecule is O=C(Nc1ccccc1O)C(=O)N(CCO)Cc1ccccc1. The van der Waals surface area contributed by atoms with E-state index in [-0.39, 0.29) is 31.1 Å². The number of carbonyl (C=O) groups excluding carboxylic acids is 2. The number of hydrogen-bond acceptors (Lipinski definition) is 4. The Morgan fingerprint density at radius 1 is 1.00 bits per heavy atom. The number of nitrogens with one attached hydrogen (secondary N) is 1. The van der Waals surface area contributed by atoms with Gasteiger partial charge in [-0.3, -0.25) is 9.59 Å². The minimum atomic E-state index is -0.865. The van der Waals surface area contributed by atoms with Crippen molar-refractivity contribution in [1.29, 1.82) is 0 Å². The van der Waals surface area contributed by atoms with Crippen molar-refractivity contribution in [1.82, 2.24) is 4.90 Å². The lowest BCUT2D eigenvalue weighted by Crippen LogP contribution is -2.40. The Kier molecular flexibility index (Phi) is 5.71. The number of benzene rings is 2. The van der Waals surface area contributed by atoms with E-state index in [2.05, 4.69) is 5.32 Å². The van der Waals surface area contributed by atoms with Gasteiger partial charge in [0.25, 0.3) is 0 Å². The highest BCUT2D eigenvalue weighted by Crippen LogP contribution is 2.21. The van der Waals surface area contributed by atoms with E-state index < -0.39 is 11.8 Å². The third kappa shape index (κ3) is 4.55. The highest BCUT2D eigenvalue weighted by atomic mass is 16.3. The fourth-order valence-electron chi connectivity index (χ4n) is 2.08. The van der Waals surface area contributed by atoms with E-state index in [1.165, 1.54) is 17.0 Å². The Bertz CT molecular complexity index is 673. The predicted octanol–water partition coefficient (Wildman–Crippen LogP) is 1.35. The Morgan fingerprint density at radius 2 is 1.65 bits per heavy atom. The molecule has 2 amide bonds. The van der Waals surface area contributed by atoms with Crippen molar-refractivity contribution >= 4 is 17.5 Å². The molecular formula is C17H18N2O4. The van der Waals surface area contributed by atoms with Gasteiger partial charge < -0.3 is 20.4 Å². The molecule has 120 valence electrons. The van der Waals surface area contributed by atoms with Gasteiger partial charge in [-0.2, -0.15) is 0 Å². The molecule has 0 bridgehead atoms. The van der Waals surface area contributed by atoms with Crippen molar-refractivity contribution < 1.29 is 19.8 Å². The summed E-state index contributed by atoms with van der Waals surface area (Å²) in [6, 6.07) is 15.3. The molecule has 0 spiro atoms. The van der Waals surface area contributed by atoms with Gasteiger partial charge in [0, 0.05) is 13.1 Å². The van der Waals surface area contributed by atoms with Crippen LogP contribution in [0.5, 0.6) is 5.75 Å². The van der Waals surface area contributed by atoms with Crippen molar-refractivity contribution in [2.75, 3.05) is 18.5 Å². The molecule has 2 aromatic rings. The van der Waals surface area contributed by atoms with Crippen LogP contribution in [-0.2, 0) is 16.1 Å². The minimum Gasteiger partial charge on any atom is -0.506 e. The molecule has 0 aliphatic carbocycles. The number of para-hydroxylation sites is 2. The average Bonchev–Trinajstić information content (AvgIpc) is 2.57. The van der Waals surface area contributed by atoms with E-state index in [0.29, 0.717) is 0 Å². The second-order valence-electron chi connectivity index (χ2n) is 4.91. The summed E-state index contributed by atoms with van der Waals surface area (Å²) >= 11 is 0. The van der Waals surface area contributed by atoms with Crippen molar-refractivity contribution in [3.8, 4) is 5.75 Å². The maximum Gasteiger partial charge on any atom is 0.314 e. The first-order valence-corrected chi connectivity index (χ1v) is 7.15. The Balaban J connectivity index is 2.08. The molecule has 0 fully saturated rings. The first kappa shape index (κ1) is 16.5. The first-order valence-electron chi connectivity index (χ1n) is 7.15. The monoisotopic (exact) mass is 314 g/mol. The van der Waals surface area contributed by atoms with Gasteiger partial charge in [-0.05, 0) is 17.7 Å². The van der Waals surface area contributed by atoms with Gasteiger partial charge in [0.05, 0.1) is 12.3 Å². The zero-order valence-corrected chi connectivity index (χ0v) is 12.5. The van der Waals surface area contributed by atoms with Crippen molar-refractivity contribution in [3.63, 3.8) is 0 Å². The van der Waals surface area contributed by atoms with Crippen LogP contribution in [0.25, 0.3) is 0 Å². The zero-order chi connectivity index (χ0) is 16.7. The Labute approximate surface area is 134 Å². The lowest BCUT2D eigenvalue weighted by atomic mass is 10.2. The van der Waals surface area contributed by atoms with Crippen LogP contribution in [0, 0.1) is 0 Å². The molecule has 0 aliphatic heterocycles. The second-order valence-corrected chi connectivity index (χ2v) is 4.91. The molecule has 0 aliphatic rings. The van der Waals surface area contributed by atoms with Crippen LogP contribution in [-0.4, -0.2) is 40.1 Å². The molecule has 0 saturated heterocycles. The van der Waals surface area contributed by atoms with Crippen LogP contribution >= 0.6 is 0 Å². The molecule has 2 rings (SSSR count). The quantitative estimate of drug-likeness (QED) is 0.574. The van der Waals surface area contributed by atoms with E-state index in [0.717, 1.165) is 5.56 Å². The van der Waals surface area contributed by atoms with E-state index in [4.69, 9.17) is 5.11 Å². The Hall–Kier alpha value is -2.86. The summed E-state index contributed by atoms with van der Waals surface area (Å²) in [7, 11) is 0. The molecule has 6 nitrogen and oxygen atoms in total. The number of carbonyl (C=O) groups is 2. The topological polar surface area (TPSA) is 89.9 Å². The molecule has 2 aromatic carbocycles. The van der Waals surface area contributed by atoms with Crippen LogP contribution in [0.3, 0.4) is 0 Å². The van der Waals surface area contributed by atoms with Gasteiger partial charge in [-0.15, -0.1) is 0 Å². The highest BCUT2D eigenvalue weighted by Gasteiger charge is 2.22. The predicted molar refractivity (Wildman–Crippen MR) is 85.7 cm³/mol. The van der Waals surface area contributed by atoms with E-state index in [1.54, 1.807) is 12.1 Å². The third-order valence-corrected chi connectivity index (χ3v) is 3.22. The van der Waals surface area contributed by atoms with Crippen LogP contribution in [0.4, 0.5) is 5.69 Å². The van der Waals surface area contributed by atoms with Crippen LogP contribution in [0.15, 0.2) is 54.6 Å². The van der Waals surface area contributed by atoms with Crippen molar-refractivity contribution in [3.05, 3.63) is 60.2 Å². The second kappa shape index (κ2) is 7.95. The number of amides is 2. The minimum absolute atomic E-state index is 0.0436. The normalized spacial score (nSPS) is 10.1. The highest BCUT2D eigenvalue weighted by molar-refractivity contribution is 6.39. The maximum atomic E-state index is 12.3. The van der Waals surface area contributed by atoms with Crippen LogP contribution in [0.1, 0.15) is 5.56 Å². The Morgan fingerprint density at radius 3 is 2.30 bits per heavy atom. The third-order valence-electron chi connectivity index (χ3n) is 3.22. The van der Waals surface area contributed by atoms with E-state index >= 15 is 0 Å². The number of aromatic hydroxyl groups is 1. The summed E-state index contributed by atoms with van der Waals surface area (Å²) in [5.74, 6) is -1.76. The van der Waals surface area contributed by atoms with E-state index in [1.807, 2.05) is 30.3 Å². The van der Waals surface area contributed by atoms with Gasteiger partial charge in [-0.1, -0.05) is 42.5 Å².